The van der Waals surface area contributed by atoms with Crippen LogP contribution in [-0.2, 0) is 0 Å². The quantitative estimate of drug-likeness (QED) is 0.849. The second kappa shape index (κ2) is 4.92. The van der Waals surface area contributed by atoms with E-state index in [9.17, 15) is 4.79 Å². The molecule has 1 rings (SSSR count). The van der Waals surface area contributed by atoms with E-state index in [1.54, 1.807) is 7.05 Å². The largest absolute Gasteiger partial charge is 0.392 e. The van der Waals surface area contributed by atoms with Crippen LogP contribution in [0.2, 0.25) is 5.02 Å². The van der Waals surface area contributed by atoms with E-state index in [2.05, 4.69) is 0 Å². The Morgan fingerprint density at radius 2 is 2.33 bits per heavy atom. The smallest absolute Gasteiger partial charge is 0.265 e. The molecule has 0 bridgehead atoms. The van der Waals surface area contributed by atoms with Crippen molar-refractivity contribution in [3.05, 3.63) is 20.8 Å². The summed E-state index contributed by atoms with van der Waals surface area (Å²) in [6.45, 7) is 2.13. The van der Waals surface area contributed by atoms with Gasteiger partial charge >= 0.3 is 0 Å². The lowest BCUT2D eigenvalue weighted by molar-refractivity contribution is 0.0820. The molecular weight excluding hydrogens is 252 g/mol. The van der Waals surface area contributed by atoms with Gasteiger partial charge in [0.25, 0.3) is 5.91 Å². The Labute approximate surface area is 103 Å². The summed E-state index contributed by atoms with van der Waals surface area (Å²) in [6.07, 6.45) is 0. The van der Waals surface area contributed by atoms with Gasteiger partial charge < -0.3 is 10.6 Å². The first kappa shape index (κ1) is 12.4. The first-order valence-electron chi connectivity index (χ1n) is 4.21. The minimum Gasteiger partial charge on any atom is -0.392 e. The van der Waals surface area contributed by atoms with Crippen LogP contribution in [0.4, 0.5) is 0 Å². The van der Waals surface area contributed by atoms with Crippen LogP contribution in [0.25, 0.3) is 0 Å². The highest BCUT2D eigenvalue weighted by atomic mass is 35.5. The van der Waals surface area contributed by atoms with Gasteiger partial charge in [-0.25, -0.2) is 0 Å². The van der Waals surface area contributed by atoms with E-state index < -0.39 is 0 Å². The number of thiocarbonyl (C=S) groups is 1. The molecule has 0 aliphatic rings. The van der Waals surface area contributed by atoms with Gasteiger partial charge in [-0.2, -0.15) is 0 Å². The maximum atomic E-state index is 11.9. The third kappa shape index (κ3) is 2.90. The lowest BCUT2D eigenvalue weighted by Gasteiger charge is -2.15. The maximum Gasteiger partial charge on any atom is 0.265 e. The Bertz CT molecular complexity index is 403. The number of aryl methyl sites for hydroxylation is 1. The number of hydrogen-bond donors (Lipinski definition) is 1. The highest BCUT2D eigenvalue weighted by Crippen LogP contribution is 2.27. The Morgan fingerprint density at radius 1 is 1.73 bits per heavy atom. The van der Waals surface area contributed by atoms with E-state index in [0.717, 1.165) is 5.56 Å². The summed E-state index contributed by atoms with van der Waals surface area (Å²) in [7, 11) is 1.65. The molecule has 6 heteroatoms. The molecule has 0 spiro atoms. The number of likely N-dealkylation sites (N-methyl/N-ethyl adjacent to an activating group) is 1. The van der Waals surface area contributed by atoms with E-state index in [-0.39, 0.29) is 17.4 Å². The lowest BCUT2D eigenvalue weighted by Crippen LogP contribution is -2.34. The highest BCUT2D eigenvalue weighted by molar-refractivity contribution is 7.80. The number of nitrogens with zero attached hydrogens (tertiary/aromatic N) is 1. The molecule has 1 amide bonds. The Hall–Kier alpha value is -0.650. The van der Waals surface area contributed by atoms with E-state index in [0.29, 0.717) is 9.90 Å². The first-order chi connectivity index (χ1) is 6.93. The zero-order valence-corrected chi connectivity index (χ0v) is 10.8. The van der Waals surface area contributed by atoms with Gasteiger partial charge in [-0.1, -0.05) is 23.8 Å². The molecule has 3 nitrogen and oxygen atoms in total. The second-order valence-corrected chi connectivity index (χ2v) is 4.97. The molecular formula is C9H11ClN2OS2. The van der Waals surface area contributed by atoms with Crippen molar-refractivity contribution in [3.63, 3.8) is 0 Å². The van der Waals surface area contributed by atoms with Crippen molar-refractivity contribution in [1.29, 1.82) is 0 Å². The van der Waals surface area contributed by atoms with Crippen molar-refractivity contribution in [2.24, 2.45) is 5.73 Å². The van der Waals surface area contributed by atoms with Gasteiger partial charge in [-0.3, -0.25) is 4.79 Å². The molecule has 1 heterocycles. The molecule has 0 saturated heterocycles. The van der Waals surface area contributed by atoms with Gasteiger partial charge in [0.15, 0.2) is 0 Å². The van der Waals surface area contributed by atoms with Crippen molar-refractivity contribution in [2.75, 3.05) is 13.6 Å². The minimum absolute atomic E-state index is 0.147. The SMILES string of the molecule is Cc1csc(C(=O)N(C)CC(N)=S)c1Cl. The van der Waals surface area contributed by atoms with Crippen LogP contribution in [0.5, 0.6) is 0 Å². The molecule has 1 aromatic rings. The number of halogens is 1. The standard InChI is InChI=1S/C9H11ClN2OS2/c1-5-4-15-8(7(5)10)9(13)12(2)3-6(11)14/h4H,3H2,1-2H3,(H2,11,14). The fraction of sp³-hybridized carbons (Fsp3) is 0.333. The van der Waals surface area contributed by atoms with E-state index >= 15 is 0 Å². The summed E-state index contributed by atoms with van der Waals surface area (Å²) in [4.78, 5) is 14.1. The van der Waals surface area contributed by atoms with Crippen molar-refractivity contribution in [1.82, 2.24) is 4.90 Å². The maximum absolute atomic E-state index is 11.9. The predicted octanol–water partition coefficient (Wildman–Crippen LogP) is 2.07. The topological polar surface area (TPSA) is 46.3 Å². The Kier molecular flexibility index (Phi) is 4.07. The Balaban J connectivity index is 2.85. The summed E-state index contributed by atoms with van der Waals surface area (Å²) in [5.41, 5.74) is 6.27. The van der Waals surface area contributed by atoms with Gasteiger partial charge in [-0.15, -0.1) is 11.3 Å². The summed E-state index contributed by atoms with van der Waals surface area (Å²) < 4.78 is 0. The summed E-state index contributed by atoms with van der Waals surface area (Å²) in [5, 5.41) is 2.37. The van der Waals surface area contributed by atoms with Crippen LogP contribution < -0.4 is 5.73 Å². The van der Waals surface area contributed by atoms with Crippen LogP contribution >= 0.6 is 35.2 Å². The lowest BCUT2D eigenvalue weighted by atomic mass is 10.3. The highest BCUT2D eigenvalue weighted by Gasteiger charge is 2.18. The molecule has 0 radical (unpaired) electrons. The number of amides is 1. The van der Waals surface area contributed by atoms with Crippen molar-refractivity contribution >= 4 is 46.1 Å². The molecule has 15 heavy (non-hydrogen) atoms. The summed E-state index contributed by atoms with van der Waals surface area (Å²) in [5.74, 6) is -0.147. The van der Waals surface area contributed by atoms with Gasteiger partial charge in [0.1, 0.15) is 4.88 Å². The number of carbonyl (C=O) groups excluding carboxylic acids is 1. The first-order valence-corrected chi connectivity index (χ1v) is 5.87. The van der Waals surface area contributed by atoms with Crippen LogP contribution in [0, 0.1) is 6.92 Å². The minimum atomic E-state index is -0.147. The van der Waals surface area contributed by atoms with Crippen molar-refractivity contribution < 1.29 is 4.79 Å². The van der Waals surface area contributed by atoms with E-state index in [1.807, 2.05) is 12.3 Å². The van der Waals surface area contributed by atoms with Crippen LogP contribution in [0.15, 0.2) is 5.38 Å². The third-order valence-corrected chi connectivity index (χ3v) is 3.65. The number of rotatable bonds is 3. The average molecular weight is 263 g/mol. The van der Waals surface area contributed by atoms with Crippen LogP contribution in [0.3, 0.4) is 0 Å². The fourth-order valence-corrected chi connectivity index (χ4v) is 2.51. The molecule has 1 aromatic heterocycles. The molecule has 82 valence electrons. The number of nitrogens with two attached hydrogens (primary N) is 1. The second-order valence-electron chi connectivity index (χ2n) is 3.19. The van der Waals surface area contributed by atoms with Gasteiger partial charge in [0.2, 0.25) is 0 Å². The average Bonchev–Trinajstić information content (AvgIpc) is 2.45. The molecule has 0 aliphatic carbocycles. The molecule has 0 saturated carbocycles. The molecule has 0 aromatic carbocycles. The third-order valence-electron chi connectivity index (χ3n) is 1.83. The number of carbonyl (C=O) groups is 1. The molecule has 0 atom stereocenters. The predicted molar refractivity (Wildman–Crippen MR) is 67.8 cm³/mol. The van der Waals surface area contributed by atoms with Gasteiger partial charge in [0.05, 0.1) is 16.6 Å². The summed E-state index contributed by atoms with van der Waals surface area (Å²) >= 11 is 12.0. The zero-order valence-electron chi connectivity index (χ0n) is 8.41. The normalized spacial score (nSPS) is 10.1. The van der Waals surface area contributed by atoms with Crippen LogP contribution in [0.1, 0.15) is 15.2 Å². The van der Waals surface area contributed by atoms with Crippen LogP contribution in [-0.4, -0.2) is 29.4 Å². The molecule has 0 unspecified atom stereocenters. The van der Waals surface area contributed by atoms with E-state index in [4.69, 9.17) is 29.6 Å². The van der Waals surface area contributed by atoms with Crippen molar-refractivity contribution in [2.45, 2.75) is 6.92 Å². The number of hydrogen-bond acceptors (Lipinski definition) is 3. The Morgan fingerprint density at radius 3 is 2.73 bits per heavy atom. The molecule has 0 fully saturated rings. The van der Waals surface area contributed by atoms with Gasteiger partial charge in [0, 0.05) is 7.05 Å². The van der Waals surface area contributed by atoms with E-state index in [1.165, 1.54) is 16.2 Å². The fourth-order valence-electron chi connectivity index (χ4n) is 1.05. The number of thiophene rings is 1. The molecule has 0 aliphatic heterocycles. The summed E-state index contributed by atoms with van der Waals surface area (Å²) in [6, 6.07) is 0. The molecule has 2 N–H and O–H groups in total. The van der Waals surface area contributed by atoms with Crippen molar-refractivity contribution in [3.8, 4) is 0 Å². The van der Waals surface area contributed by atoms with Gasteiger partial charge in [-0.05, 0) is 17.9 Å². The monoisotopic (exact) mass is 262 g/mol. The zero-order chi connectivity index (χ0) is 11.6.